The summed E-state index contributed by atoms with van der Waals surface area (Å²) in [6, 6.07) is 0. The summed E-state index contributed by atoms with van der Waals surface area (Å²) in [5, 5.41) is 8.39. The van der Waals surface area contributed by atoms with Crippen molar-refractivity contribution >= 4 is 5.91 Å². The maximum Gasteiger partial charge on any atom is 0.224 e. The second-order valence-corrected chi connectivity index (χ2v) is 2.64. The van der Waals surface area contributed by atoms with Crippen LogP contribution >= 0.6 is 0 Å². The van der Waals surface area contributed by atoms with Crippen LogP contribution in [0, 0.1) is 0 Å². The molecule has 11 heavy (non-hydrogen) atoms. The second-order valence-electron chi connectivity index (χ2n) is 2.64. The Kier molecular flexibility index (Phi) is 2.84. The van der Waals surface area contributed by atoms with E-state index in [4.69, 9.17) is 5.26 Å². The van der Waals surface area contributed by atoms with Gasteiger partial charge in [-0.1, -0.05) is 6.92 Å². The first kappa shape index (κ1) is 8.49. The zero-order chi connectivity index (χ0) is 8.27. The Morgan fingerprint density at radius 3 is 3.09 bits per heavy atom. The van der Waals surface area contributed by atoms with Crippen molar-refractivity contribution in [1.82, 2.24) is 4.90 Å². The predicted octanol–water partition coefficient (Wildman–Crippen LogP) is 0.835. The topological polar surface area (TPSA) is 49.8 Å². The predicted molar refractivity (Wildman–Crippen MR) is 38.7 cm³/mol. The molecule has 1 aliphatic heterocycles. The molecule has 0 aliphatic carbocycles. The Balaban J connectivity index is 2.49. The normalized spacial score (nSPS) is 24.2. The van der Waals surface area contributed by atoms with Crippen molar-refractivity contribution in [3.8, 4) is 0 Å². The maximum absolute atomic E-state index is 11.1. The molecule has 1 saturated heterocycles. The van der Waals surface area contributed by atoms with Crippen molar-refractivity contribution in [3.05, 3.63) is 0 Å². The van der Waals surface area contributed by atoms with Crippen molar-refractivity contribution in [3.63, 3.8) is 0 Å². The van der Waals surface area contributed by atoms with Gasteiger partial charge < -0.3 is 4.90 Å². The molecule has 1 fully saturated rings. The van der Waals surface area contributed by atoms with Crippen LogP contribution in [0.15, 0.2) is 0 Å². The lowest BCUT2D eigenvalue weighted by molar-refractivity contribution is -0.302. The molecule has 0 aromatic rings. The van der Waals surface area contributed by atoms with Crippen LogP contribution in [0.4, 0.5) is 0 Å². The average molecular weight is 159 g/mol. The first-order chi connectivity index (χ1) is 5.29. The molecular weight excluding hydrogens is 146 g/mol. The number of carbonyl (C=O) groups is 1. The fourth-order valence-corrected chi connectivity index (χ4v) is 1.33. The highest BCUT2D eigenvalue weighted by Gasteiger charge is 2.28. The lowest BCUT2D eigenvalue weighted by Crippen LogP contribution is -2.36. The monoisotopic (exact) mass is 159 g/mol. The first-order valence-corrected chi connectivity index (χ1v) is 3.89. The summed E-state index contributed by atoms with van der Waals surface area (Å²) in [5.41, 5.74) is 0. The van der Waals surface area contributed by atoms with Gasteiger partial charge in [0.05, 0.1) is 0 Å². The summed E-state index contributed by atoms with van der Waals surface area (Å²) in [5.74, 6) is 0.0431. The first-order valence-electron chi connectivity index (χ1n) is 3.89. The fraction of sp³-hybridized carbons (Fsp3) is 0.857. The lowest BCUT2D eigenvalue weighted by atomic mass is 10.4. The minimum absolute atomic E-state index is 0.0431. The molecular formula is C7H13NO3. The number of nitrogens with zero attached hydrogens (tertiary/aromatic N) is 1. The van der Waals surface area contributed by atoms with Gasteiger partial charge in [-0.15, -0.1) is 0 Å². The molecule has 1 atom stereocenters. The summed E-state index contributed by atoms with van der Waals surface area (Å²) in [6.45, 7) is 2.51. The molecule has 4 heteroatoms. The van der Waals surface area contributed by atoms with Crippen LogP contribution in [0.25, 0.3) is 0 Å². The number of hydrogen-bond donors (Lipinski definition) is 1. The largest absolute Gasteiger partial charge is 0.314 e. The fourth-order valence-electron chi connectivity index (χ4n) is 1.33. The van der Waals surface area contributed by atoms with E-state index in [0.717, 1.165) is 12.8 Å². The van der Waals surface area contributed by atoms with Gasteiger partial charge in [0.2, 0.25) is 5.91 Å². The number of hydrogen-bond acceptors (Lipinski definition) is 3. The molecule has 0 aromatic carbocycles. The molecule has 0 saturated carbocycles. The van der Waals surface area contributed by atoms with Crippen LogP contribution in [0.3, 0.4) is 0 Å². The smallest absolute Gasteiger partial charge is 0.224 e. The van der Waals surface area contributed by atoms with Gasteiger partial charge in [0.1, 0.15) is 0 Å². The standard InChI is InChI=1S/C7H13NO3/c1-2-6(9)8-5-3-4-7(8)11-10/h7,10H,2-5H2,1H3. The van der Waals surface area contributed by atoms with Crippen LogP contribution in [-0.2, 0) is 9.68 Å². The summed E-state index contributed by atoms with van der Waals surface area (Å²) in [7, 11) is 0. The highest BCUT2D eigenvalue weighted by atomic mass is 17.1. The Morgan fingerprint density at radius 1 is 1.82 bits per heavy atom. The number of amides is 1. The van der Waals surface area contributed by atoms with Gasteiger partial charge in [-0.05, 0) is 12.8 Å². The van der Waals surface area contributed by atoms with Crippen molar-refractivity contribution in [2.45, 2.75) is 32.4 Å². The van der Waals surface area contributed by atoms with Crippen LogP contribution < -0.4 is 0 Å². The molecule has 0 spiro atoms. The number of likely N-dealkylation sites (tertiary alicyclic amines) is 1. The molecule has 64 valence electrons. The van der Waals surface area contributed by atoms with Crippen molar-refractivity contribution < 1.29 is 14.9 Å². The van der Waals surface area contributed by atoms with Crippen LogP contribution in [0.2, 0.25) is 0 Å². The SMILES string of the molecule is CCC(=O)N1CCCC1OO. The van der Waals surface area contributed by atoms with E-state index in [1.54, 1.807) is 11.8 Å². The van der Waals surface area contributed by atoms with Crippen molar-refractivity contribution in [2.24, 2.45) is 0 Å². The maximum atomic E-state index is 11.1. The molecule has 1 aliphatic rings. The number of carbonyl (C=O) groups excluding carboxylic acids is 1. The van der Waals surface area contributed by atoms with Gasteiger partial charge in [0.25, 0.3) is 0 Å². The van der Waals surface area contributed by atoms with E-state index in [0.29, 0.717) is 13.0 Å². The molecule has 1 amide bonds. The van der Waals surface area contributed by atoms with E-state index in [2.05, 4.69) is 4.89 Å². The Bertz CT molecular complexity index is 149. The molecule has 0 bridgehead atoms. The van der Waals surface area contributed by atoms with E-state index in [-0.39, 0.29) is 5.91 Å². The average Bonchev–Trinajstić information content (AvgIpc) is 2.50. The molecule has 1 heterocycles. The number of rotatable bonds is 2. The summed E-state index contributed by atoms with van der Waals surface area (Å²) in [4.78, 5) is 16.8. The van der Waals surface area contributed by atoms with Crippen molar-refractivity contribution in [2.75, 3.05) is 6.54 Å². The van der Waals surface area contributed by atoms with Crippen LogP contribution in [0.1, 0.15) is 26.2 Å². The molecule has 1 N–H and O–H groups in total. The summed E-state index contributed by atoms with van der Waals surface area (Å²) >= 11 is 0. The van der Waals surface area contributed by atoms with E-state index >= 15 is 0 Å². The zero-order valence-corrected chi connectivity index (χ0v) is 6.62. The third-order valence-corrected chi connectivity index (χ3v) is 1.94. The highest BCUT2D eigenvalue weighted by molar-refractivity contribution is 5.76. The van der Waals surface area contributed by atoms with Gasteiger partial charge in [-0.25, -0.2) is 10.1 Å². The molecule has 0 radical (unpaired) electrons. The molecule has 4 nitrogen and oxygen atoms in total. The molecule has 1 unspecified atom stereocenters. The van der Waals surface area contributed by atoms with Gasteiger partial charge in [-0.3, -0.25) is 4.79 Å². The third-order valence-electron chi connectivity index (χ3n) is 1.94. The summed E-state index contributed by atoms with van der Waals surface area (Å²) in [6.07, 6.45) is 1.72. The Labute approximate surface area is 65.7 Å². The highest BCUT2D eigenvalue weighted by Crippen LogP contribution is 2.17. The van der Waals surface area contributed by atoms with Crippen LogP contribution in [-0.4, -0.2) is 28.8 Å². The van der Waals surface area contributed by atoms with Gasteiger partial charge in [0.15, 0.2) is 6.23 Å². The lowest BCUT2D eigenvalue weighted by Gasteiger charge is -2.20. The Morgan fingerprint density at radius 2 is 2.55 bits per heavy atom. The van der Waals surface area contributed by atoms with E-state index in [1.165, 1.54) is 0 Å². The van der Waals surface area contributed by atoms with Gasteiger partial charge in [-0.2, -0.15) is 0 Å². The van der Waals surface area contributed by atoms with Gasteiger partial charge >= 0.3 is 0 Å². The van der Waals surface area contributed by atoms with E-state index in [1.807, 2.05) is 0 Å². The minimum atomic E-state index is -0.401. The van der Waals surface area contributed by atoms with Gasteiger partial charge in [0, 0.05) is 13.0 Å². The van der Waals surface area contributed by atoms with Crippen LogP contribution in [0.5, 0.6) is 0 Å². The zero-order valence-electron chi connectivity index (χ0n) is 6.62. The minimum Gasteiger partial charge on any atom is -0.314 e. The van der Waals surface area contributed by atoms with Crippen molar-refractivity contribution in [1.29, 1.82) is 0 Å². The molecule has 1 rings (SSSR count). The Hall–Kier alpha value is -0.610. The van der Waals surface area contributed by atoms with E-state index < -0.39 is 6.23 Å². The second kappa shape index (κ2) is 3.69. The van der Waals surface area contributed by atoms with E-state index in [9.17, 15) is 4.79 Å². The quantitative estimate of drug-likeness (QED) is 0.479. The third kappa shape index (κ3) is 1.70. The molecule has 0 aromatic heterocycles. The summed E-state index contributed by atoms with van der Waals surface area (Å²) < 4.78 is 0.